The first kappa shape index (κ1) is 14.6. The van der Waals surface area contributed by atoms with Gasteiger partial charge in [-0.25, -0.2) is 4.98 Å². The first-order chi connectivity index (χ1) is 9.58. The molecule has 0 amide bonds. The van der Waals surface area contributed by atoms with Crippen molar-refractivity contribution in [1.29, 1.82) is 0 Å². The Hall–Kier alpha value is -1.83. The standard InChI is InChI=1S/C12H18N6OS/c1-5-6-13-9-15-10(18(3)4)17-11(16-9)20-12-14-8(2)7-19-12/h7H,5-6H2,1-4H3,(H,13,15,16,17). The molecule has 0 unspecified atom stereocenters. The van der Waals surface area contributed by atoms with Crippen LogP contribution in [-0.2, 0) is 0 Å². The van der Waals surface area contributed by atoms with E-state index in [2.05, 4.69) is 32.2 Å². The van der Waals surface area contributed by atoms with Crippen molar-refractivity contribution in [3.63, 3.8) is 0 Å². The van der Waals surface area contributed by atoms with Gasteiger partial charge >= 0.3 is 0 Å². The van der Waals surface area contributed by atoms with Crippen molar-refractivity contribution in [3.05, 3.63) is 12.0 Å². The van der Waals surface area contributed by atoms with Gasteiger partial charge in [-0.05, 0) is 13.3 Å². The summed E-state index contributed by atoms with van der Waals surface area (Å²) in [5, 5.41) is 4.25. The average molecular weight is 294 g/mol. The predicted molar refractivity (Wildman–Crippen MR) is 78.3 cm³/mol. The molecule has 0 aromatic carbocycles. The van der Waals surface area contributed by atoms with Crippen molar-refractivity contribution in [2.24, 2.45) is 0 Å². The van der Waals surface area contributed by atoms with Crippen LogP contribution in [0.3, 0.4) is 0 Å². The lowest BCUT2D eigenvalue weighted by Crippen LogP contribution is -2.16. The molecular weight excluding hydrogens is 276 g/mol. The molecule has 1 N–H and O–H groups in total. The van der Waals surface area contributed by atoms with Gasteiger partial charge in [-0.1, -0.05) is 6.92 Å². The lowest BCUT2D eigenvalue weighted by Gasteiger charge is -2.12. The number of anilines is 2. The van der Waals surface area contributed by atoms with Crippen molar-refractivity contribution >= 4 is 23.7 Å². The highest BCUT2D eigenvalue weighted by Gasteiger charge is 2.12. The highest BCUT2D eigenvalue weighted by atomic mass is 32.2. The molecule has 0 aliphatic rings. The maximum Gasteiger partial charge on any atom is 0.263 e. The van der Waals surface area contributed by atoms with Gasteiger partial charge in [-0.2, -0.15) is 15.0 Å². The molecule has 0 radical (unpaired) electrons. The number of nitrogens with zero attached hydrogens (tertiary/aromatic N) is 5. The lowest BCUT2D eigenvalue weighted by atomic mass is 10.5. The van der Waals surface area contributed by atoms with E-state index >= 15 is 0 Å². The number of oxazole rings is 1. The molecule has 0 spiro atoms. The summed E-state index contributed by atoms with van der Waals surface area (Å²) in [6.45, 7) is 4.78. The number of nitrogens with one attached hydrogen (secondary N) is 1. The first-order valence-corrected chi connectivity index (χ1v) is 7.17. The van der Waals surface area contributed by atoms with E-state index < -0.39 is 0 Å². The van der Waals surface area contributed by atoms with Crippen LogP contribution in [0.1, 0.15) is 19.0 Å². The fourth-order valence-electron chi connectivity index (χ4n) is 1.36. The van der Waals surface area contributed by atoms with E-state index in [1.807, 2.05) is 25.9 Å². The molecule has 0 saturated heterocycles. The van der Waals surface area contributed by atoms with Crippen LogP contribution < -0.4 is 10.2 Å². The number of rotatable bonds is 6. The fourth-order valence-corrected chi connectivity index (χ4v) is 2.07. The van der Waals surface area contributed by atoms with Crippen LogP contribution in [0, 0.1) is 6.92 Å². The molecule has 2 aromatic heterocycles. The second kappa shape index (κ2) is 6.56. The highest BCUT2D eigenvalue weighted by molar-refractivity contribution is 7.98. The number of aryl methyl sites for hydroxylation is 1. The van der Waals surface area contributed by atoms with E-state index in [1.54, 1.807) is 6.26 Å². The average Bonchev–Trinajstić information content (AvgIpc) is 2.81. The second-order valence-electron chi connectivity index (χ2n) is 4.42. The zero-order valence-electron chi connectivity index (χ0n) is 12.0. The van der Waals surface area contributed by atoms with Gasteiger partial charge in [0, 0.05) is 32.4 Å². The van der Waals surface area contributed by atoms with E-state index in [0.717, 1.165) is 18.7 Å². The minimum Gasteiger partial charge on any atom is -0.439 e. The zero-order valence-corrected chi connectivity index (χ0v) is 12.9. The summed E-state index contributed by atoms with van der Waals surface area (Å²) < 4.78 is 5.31. The van der Waals surface area contributed by atoms with Crippen molar-refractivity contribution in [1.82, 2.24) is 19.9 Å². The van der Waals surface area contributed by atoms with Crippen molar-refractivity contribution < 1.29 is 4.42 Å². The van der Waals surface area contributed by atoms with Gasteiger partial charge in [0.05, 0.1) is 5.69 Å². The molecule has 2 heterocycles. The summed E-state index contributed by atoms with van der Waals surface area (Å²) in [6.07, 6.45) is 2.61. The summed E-state index contributed by atoms with van der Waals surface area (Å²) in [4.78, 5) is 19.1. The third kappa shape index (κ3) is 3.83. The Morgan fingerprint density at radius 3 is 2.65 bits per heavy atom. The van der Waals surface area contributed by atoms with E-state index in [0.29, 0.717) is 22.3 Å². The Morgan fingerprint density at radius 2 is 2.05 bits per heavy atom. The molecule has 0 saturated carbocycles. The van der Waals surface area contributed by atoms with E-state index in [9.17, 15) is 0 Å². The lowest BCUT2D eigenvalue weighted by molar-refractivity contribution is 0.453. The molecular formula is C12H18N6OS. The normalized spacial score (nSPS) is 10.6. The molecule has 0 atom stereocenters. The van der Waals surface area contributed by atoms with Crippen molar-refractivity contribution in [3.8, 4) is 0 Å². The fraction of sp³-hybridized carbons (Fsp3) is 0.500. The van der Waals surface area contributed by atoms with Crippen molar-refractivity contribution in [2.45, 2.75) is 30.6 Å². The summed E-state index contributed by atoms with van der Waals surface area (Å²) in [5.74, 6) is 1.17. The van der Waals surface area contributed by atoms with Crippen LogP contribution in [0.15, 0.2) is 21.1 Å². The van der Waals surface area contributed by atoms with Gasteiger partial charge in [-0.15, -0.1) is 0 Å². The zero-order chi connectivity index (χ0) is 14.5. The van der Waals surface area contributed by atoms with E-state index in [4.69, 9.17) is 4.42 Å². The van der Waals surface area contributed by atoms with Crippen LogP contribution in [0.2, 0.25) is 0 Å². The Balaban J connectivity index is 2.23. The Bertz CT molecular complexity index is 571. The molecule has 8 heteroatoms. The van der Waals surface area contributed by atoms with Crippen LogP contribution >= 0.6 is 11.8 Å². The van der Waals surface area contributed by atoms with Crippen molar-refractivity contribution in [2.75, 3.05) is 30.9 Å². The number of hydrogen-bond donors (Lipinski definition) is 1. The molecule has 7 nitrogen and oxygen atoms in total. The minimum atomic E-state index is 0.528. The summed E-state index contributed by atoms with van der Waals surface area (Å²) in [7, 11) is 3.78. The summed E-state index contributed by atoms with van der Waals surface area (Å²) >= 11 is 1.28. The predicted octanol–water partition coefficient (Wildman–Crippen LogP) is 2.21. The van der Waals surface area contributed by atoms with Gasteiger partial charge in [0.25, 0.3) is 5.22 Å². The maximum atomic E-state index is 5.31. The second-order valence-corrected chi connectivity index (χ2v) is 5.34. The Kier molecular flexibility index (Phi) is 4.78. The Labute approximate surface area is 122 Å². The highest BCUT2D eigenvalue weighted by Crippen LogP contribution is 2.25. The molecule has 0 fully saturated rings. The quantitative estimate of drug-likeness (QED) is 0.868. The minimum absolute atomic E-state index is 0.528. The Morgan fingerprint density at radius 1 is 1.25 bits per heavy atom. The van der Waals surface area contributed by atoms with Gasteiger partial charge in [-0.3, -0.25) is 0 Å². The SMILES string of the molecule is CCCNc1nc(Sc2nc(C)co2)nc(N(C)C)n1. The molecule has 2 aromatic rings. The van der Waals surface area contributed by atoms with Crippen LogP contribution in [0.5, 0.6) is 0 Å². The number of aromatic nitrogens is 4. The van der Waals surface area contributed by atoms with Gasteiger partial charge in [0.15, 0.2) is 0 Å². The molecule has 108 valence electrons. The topological polar surface area (TPSA) is 80.0 Å². The molecule has 0 bridgehead atoms. The third-order valence-corrected chi connectivity index (χ3v) is 3.04. The molecule has 2 rings (SSSR count). The molecule has 20 heavy (non-hydrogen) atoms. The third-order valence-electron chi connectivity index (χ3n) is 2.31. The van der Waals surface area contributed by atoms with Crippen LogP contribution in [0.25, 0.3) is 0 Å². The first-order valence-electron chi connectivity index (χ1n) is 6.35. The molecule has 0 aliphatic heterocycles. The van der Waals surface area contributed by atoms with E-state index in [1.165, 1.54) is 11.8 Å². The summed E-state index contributed by atoms with van der Waals surface area (Å²) in [6, 6.07) is 0. The van der Waals surface area contributed by atoms with Gasteiger partial charge < -0.3 is 14.6 Å². The molecule has 0 aliphatic carbocycles. The smallest absolute Gasteiger partial charge is 0.263 e. The summed E-state index contributed by atoms with van der Waals surface area (Å²) in [5.41, 5.74) is 0.832. The van der Waals surface area contributed by atoms with Gasteiger partial charge in [0.2, 0.25) is 17.1 Å². The van der Waals surface area contributed by atoms with Gasteiger partial charge in [0.1, 0.15) is 6.26 Å². The van der Waals surface area contributed by atoms with Crippen LogP contribution in [-0.4, -0.2) is 40.6 Å². The van der Waals surface area contributed by atoms with Crippen LogP contribution in [0.4, 0.5) is 11.9 Å². The van der Waals surface area contributed by atoms with E-state index in [-0.39, 0.29) is 0 Å². The maximum absolute atomic E-state index is 5.31. The monoisotopic (exact) mass is 294 g/mol. The largest absolute Gasteiger partial charge is 0.439 e. The number of hydrogen-bond acceptors (Lipinski definition) is 8.